The van der Waals surface area contributed by atoms with Gasteiger partial charge >= 0.3 is 0 Å². The van der Waals surface area contributed by atoms with Gasteiger partial charge in [0, 0.05) is 15.8 Å². The zero-order chi connectivity index (χ0) is 10.8. The van der Waals surface area contributed by atoms with Crippen LogP contribution in [-0.2, 0) is 4.74 Å². The summed E-state index contributed by atoms with van der Waals surface area (Å²) < 4.78 is 6.71. The smallest absolute Gasteiger partial charge is 0.0551 e. The molecule has 1 aliphatic heterocycles. The first-order chi connectivity index (χ1) is 7.22. The maximum atomic E-state index is 5.64. The maximum Gasteiger partial charge on any atom is 0.0551 e. The Morgan fingerprint density at radius 2 is 2.47 bits per heavy atom. The average molecular weight is 291 g/mol. The van der Waals surface area contributed by atoms with E-state index in [2.05, 4.69) is 39.0 Å². The summed E-state index contributed by atoms with van der Waals surface area (Å²) in [7, 11) is 0. The highest BCUT2D eigenvalue weighted by Crippen LogP contribution is 2.36. The fourth-order valence-electron chi connectivity index (χ4n) is 2.08. The number of ether oxygens (including phenoxy) is 1. The molecule has 2 heterocycles. The van der Waals surface area contributed by atoms with Crippen LogP contribution in [0.5, 0.6) is 0 Å². The van der Waals surface area contributed by atoms with Crippen molar-refractivity contribution in [2.24, 2.45) is 11.8 Å². The van der Waals surface area contributed by atoms with Crippen LogP contribution in [0.3, 0.4) is 0 Å². The summed E-state index contributed by atoms with van der Waals surface area (Å²) >= 11 is 5.23. The molecule has 3 unspecified atom stereocenters. The van der Waals surface area contributed by atoms with E-state index >= 15 is 0 Å². The predicted octanol–water partition coefficient (Wildman–Crippen LogP) is 2.44. The van der Waals surface area contributed by atoms with Crippen molar-refractivity contribution in [1.82, 2.24) is 5.43 Å². The number of nitrogens with one attached hydrogen (secondary N) is 1. The molecule has 1 aromatic heterocycles. The van der Waals surface area contributed by atoms with Gasteiger partial charge in [-0.25, -0.2) is 0 Å². The van der Waals surface area contributed by atoms with Crippen molar-refractivity contribution in [3.8, 4) is 0 Å². The van der Waals surface area contributed by atoms with Crippen molar-refractivity contribution in [3.05, 3.63) is 20.8 Å². The lowest BCUT2D eigenvalue weighted by atomic mass is 9.93. The lowest BCUT2D eigenvalue weighted by Gasteiger charge is -2.21. The second kappa shape index (κ2) is 4.93. The molecule has 84 valence electrons. The van der Waals surface area contributed by atoms with Crippen LogP contribution in [0.1, 0.15) is 24.9 Å². The fourth-order valence-corrected chi connectivity index (χ4v) is 3.66. The lowest BCUT2D eigenvalue weighted by Crippen LogP contribution is -2.33. The summed E-state index contributed by atoms with van der Waals surface area (Å²) in [6, 6.07) is 0.190. The van der Waals surface area contributed by atoms with Crippen molar-refractivity contribution in [2.75, 3.05) is 6.61 Å². The minimum absolute atomic E-state index is 0.190. The van der Waals surface area contributed by atoms with Crippen molar-refractivity contribution in [3.63, 3.8) is 0 Å². The standard InChI is InChI=1S/C10H15BrN2OS/c1-6-2-7(3-14-6)10(13-12)8-4-15-5-9(8)11/h4-7,10,13H,2-3,12H2,1H3. The van der Waals surface area contributed by atoms with Gasteiger partial charge in [-0.2, -0.15) is 11.3 Å². The molecule has 3 atom stereocenters. The van der Waals surface area contributed by atoms with Gasteiger partial charge in [0.25, 0.3) is 0 Å². The highest BCUT2D eigenvalue weighted by Gasteiger charge is 2.31. The SMILES string of the molecule is CC1CC(C(NN)c2cscc2Br)CO1. The molecule has 0 bridgehead atoms. The van der Waals surface area contributed by atoms with E-state index in [1.165, 1.54) is 5.56 Å². The van der Waals surface area contributed by atoms with E-state index in [1.54, 1.807) is 11.3 Å². The summed E-state index contributed by atoms with van der Waals surface area (Å²) in [4.78, 5) is 0. The monoisotopic (exact) mass is 290 g/mol. The van der Waals surface area contributed by atoms with Crippen LogP contribution in [0.15, 0.2) is 15.2 Å². The third kappa shape index (κ3) is 2.42. The molecular formula is C10H15BrN2OS. The first-order valence-electron chi connectivity index (χ1n) is 5.01. The third-order valence-corrected chi connectivity index (χ3v) is 4.61. The third-order valence-electron chi connectivity index (χ3n) is 2.86. The molecule has 1 saturated heterocycles. The van der Waals surface area contributed by atoms with Gasteiger partial charge < -0.3 is 4.74 Å². The Bertz CT molecular complexity index is 331. The number of thiophene rings is 1. The van der Waals surface area contributed by atoms with E-state index in [9.17, 15) is 0 Å². The molecule has 0 aliphatic carbocycles. The number of halogens is 1. The van der Waals surface area contributed by atoms with Gasteiger partial charge in [0.15, 0.2) is 0 Å². The van der Waals surface area contributed by atoms with E-state index in [-0.39, 0.29) is 6.04 Å². The fraction of sp³-hybridized carbons (Fsp3) is 0.600. The minimum atomic E-state index is 0.190. The van der Waals surface area contributed by atoms with E-state index in [0.29, 0.717) is 12.0 Å². The largest absolute Gasteiger partial charge is 0.378 e. The number of hydrogen-bond acceptors (Lipinski definition) is 4. The normalized spacial score (nSPS) is 28.2. The minimum Gasteiger partial charge on any atom is -0.378 e. The molecule has 1 aromatic rings. The maximum absolute atomic E-state index is 5.64. The van der Waals surface area contributed by atoms with E-state index in [0.717, 1.165) is 17.5 Å². The predicted molar refractivity (Wildman–Crippen MR) is 65.6 cm³/mol. The summed E-state index contributed by atoms with van der Waals surface area (Å²) in [6.45, 7) is 2.90. The van der Waals surface area contributed by atoms with E-state index in [1.807, 2.05) is 0 Å². The molecular weight excluding hydrogens is 276 g/mol. The molecule has 5 heteroatoms. The topological polar surface area (TPSA) is 47.3 Å². The average Bonchev–Trinajstić information content (AvgIpc) is 2.79. The number of rotatable bonds is 3. The Hall–Kier alpha value is 0.0600. The highest BCUT2D eigenvalue weighted by molar-refractivity contribution is 9.10. The first kappa shape index (κ1) is 11.5. The summed E-state index contributed by atoms with van der Waals surface area (Å²) in [6.07, 6.45) is 1.42. The van der Waals surface area contributed by atoms with Gasteiger partial charge in [0.05, 0.1) is 18.8 Å². The first-order valence-corrected chi connectivity index (χ1v) is 6.75. The molecule has 15 heavy (non-hydrogen) atoms. The van der Waals surface area contributed by atoms with Crippen LogP contribution in [0, 0.1) is 5.92 Å². The molecule has 3 N–H and O–H groups in total. The van der Waals surface area contributed by atoms with Gasteiger partial charge in [-0.1, -0.05) is 0 Å². The van der Waals surface area contributed by atoms with Crippen LogP contribution in [0.4, 0.5) is 0 Å². The molecule has 1 aliphatic rings. The molecule has 0 saturated carbocycles. The molecule has 0 amide bonds. The molecule has 0 radical (unpaired) electrons. The summed E-state index contributed by atoms with van der Waals surface area (Å²) in [5.74, 6) is 6.10. The zero-order valence-corrected chi connectivity index (χ0v) is 11.0. The van der Waals surface area contributed by atoms with Gasteiger partial charge in [0.1, 0.15) is 0 Å². The van der Waals surface area contributed by atoms with Crippen LogP contribution < -0.4 is 11.3 Å². The summed E-state index contributed by atoms with van der Waals surface area (Å²) in [5.41, 5.74) is 4.15. The van der Waals surface area contributed by atoms with Crippen LogP contribution >= 0.6 is 27.3 Å². The quantitative estimate of drug-likeness (QED) is 0.664. The Labute approximate surface area is 102 Å². The van der Waals surface area contributed by atoms with Crippen LogP contribution in [-0.4, -0.2) is 12.7 Å². The molecule has 1 fully saturated rings. The Morgan fingerprint density at radius 3 is 2.93 bits per heavy atom. The second-order valence-electron chi connectivity index (χ2n) is 3.96. The Kier molecular flexibility index (Phi) is 3.79. The van der Waals surface area contributed by atoms with Gasteiger partial charge in [-0.15, -0.1) is 0 Å². The van der Waals surface area contributed by atoms with Crippen LogP contribution in [0.25, 0.3) is 0 Å². The van der Waals surface area contributed by atoms with Gasteiger partial charge in [-0.05, 0) is 40.2 Å². The lowest BCUT2D eigenvalue weighted by molar-refractivity contribution is 0.117. The van der Waals surface area contributed by atoms with Crippen molar-refractivity contribution >= 4 is 27.3 Å². The van der Waals surface area contributed by atoms with Gasteiger partial charge in [-0.3, -0.25) is 11.3 Å². The van der Waals surface area contributed by atoms with E-state index < -0.39 is 0 Å². The van der Waals surface area contributed by atoms with Crippen molar-refractivity contribution in [1.29, 1.82) is 0 Å². The van der Waals surface area contributed by atoms with Crippen molar-refractivity contribution in [2.45, 2.75) is 25.5 Å². The molecule has 3 nitrogen and oxygen atoms in total. The molecule has 0 spiro atoms. The number of nitrogens with two attached hydrogens (primary N) is 1. The number of hydrazine groups is 1. The van der Waals surface area contributed by atoms with E-state index in [4.69, 9.17) is 10.6 Å². The van der Waals surface area contributed by atoms with Crippen LogP contribution in [0.2, 0.25) is 0 Å². The summed E-state index contributed by atoms with van der Waals surface area (Å²) in [5, 5.41) is 4.22. The second-order valence-corrected chi connectivity index (χ2v) is 5.56. The zero-order valence-electron chi connectivity index (χ0n) is 8.57. The molecule has 0 aromatic carbocycles. The van der Waals surface area contributed by atoms with Crippen molar-refractivity contribution < 1.29 is 4.74 Å². The Balaban J connectivity index is 2.14. The Morgan fingerprint density at radius 1 is 1.67 bits per heavy atom. The molecule has 2 rings (SSSR count). The van der Waals surface area contributed by atoms with Gasteiger partial charge in [0.2, 0.25) is 0 Å². The highest BCUT2D eigenvalue weighted by atomic mass is 79.9. The number of hydrogen-bond donors (Lipinski definition) is 2.